The number of aliphatic carboxylic acids is 1. The SMILES string of the molecule is Cc1c(F)ccc(CC(C)(C)C(=O)O)c1F. The van der Waals surface area contributed by atoms with E-state index < -0.39 is 23.0 Å². The summed E-state index contributed by atoms with van der Waals surface area (Å²) in [5, 5.41) is 8.92. The van der Waals surface area contributed by atoms with Gasteiger partial charge in [-0.05, 0) is 38.8 Å². The van der Waals surface area contributed by atoms with Gasteiger partial charge in [0.05, 0.1) is 5.41 Å². The van der Waals surface area contributed by atoms with Gasteiger partial charge in [-0.1, -0.05) is 6.07 Å². The average Bonchev–Trinajstić information content (AvgIpc) is 2.19. The molecule has 0 aliphatic heterocycles. The summed E-state index contributed by atoms with van der Waals surface area (Å²) in [5.41, 5.74) is -0.907. The number of hydrogen-bond acceptors (Lipinski definition) is 1. The topological polar surface area (TPSA) is 37.3 Å². The second kappa shape index (κ2) is 4.20. The van der Waals surface area contributed by atoms with E-state index in [0.29, 0.717) is 0 Å². The van der Waals surface area contributed by atoms with E-state index in [1.54, 1.807) is 0 Å². The van der Waals surface area contributed by atoms with Crippen LogP contribution in [0.4, 0.5) is 8.78 Å². The summed E-state index contributed by atoms with van der Waals surface area (Å²) in [6, 6.07) is 2.45. The molecule has 0 saturated carbocycles. The summed E-state index contributed by atoms with van der Waals surface area (Å²) in [5.74, 6) is -2.28. The number of carboxylic acid groups (broad SMARTS) is 1. The quantitative estimate of drug-likeness (QED) is 0.863. The standard InChI is InChI=1S/C12H14F2O2/c1-7-9(13)5-4-8(10(7)14)6-12(2,3)11(15)16/h4-5H,6H2,1-3H3,(H,15,16). The Balaban J connectivity index is 3.08. The van der Waals surface area contributed by atoms with Crippen molar-refractivity contribution in [3.8, 4) is 0 Å². The Bertz CT molecular complexity index is 425. The lowest BCUT2D eigenvalue weighted by molar-refractivity contribution is -0.146. The van der Waals surface area contributed by atoms with Crippen LogP contribution >= 0.6 is 0 Å². The van der Waals surface area contributed by atoms with Crippen molar-refractivity contribution in [3.63, 3.8) is 0 Å². The molecule has 1 aromatic rings. The normalized spacial score (nSPS) is 11.6. The number of rotatable bonds is 3. The zero-order chi connectivity index (χ0) is 12.5. The predicted molar refractivity (Wildman–Crippen MR) is 56.2 cm³/mol. The molecule has 0 bridgehead atoms. The van der Waals surface area contributed by atoms with E-state index in [1.165, 1.54) is 26.8 Å². The Morgan fingerprint density at radius 3 is 2.44 bits per heavy atom. The number of benzene rings is 1. The second-order valence-electron chi connectivity index (χ2n) is 4.51. The van der Waals surface area contributed by atoms with Gasteiger partial charge in [-0.3, -0.25) is 4.79 Å². The fourth-order valence-corrected chi connectivity index (χ4v) is 1.41. The molecule has 0 unspecified atom stereocenters. The zero-order valence-electron chi connectivity index (χ0n) is 9.47. The number of carboxylic acids is 1. The lowest BCUT2D eigenvalue weighted by Crippen LogP contribution is -2.26. The monoisotopic (exact) mass is 228 g/mol. The highest BCUT2D eigenvalue weighted by molar-refractivity contribution is 5.74. The number of hydrogen-bond donors (Lipinski definition) is 1. The van der Waals surface area contributed by atoms with Crippen molar-refractivity contribution in [2.75, 3.05) is 0 Å². The predicted octanol–water partition coefficient (Wildman–Crippen LogP) is 2.93. The highest BCUT2D eigenvalue weighted by Crippen LogP contribution is 2.25. The molecule has 0 saturated heterocycles. The van der Waals surface area contributed by atoms with Gasteiger partial charge in [0.15, 0.2) is 0 Å². The third-order valence-corrected chi connectivity index (χ3v) is 2.61. The molecule has 0 aromatic heterocycles. The van der Waals surface area contributed by atoms with Crippen molar-refractivity contribution in [2.45, 2.75) is 27.2 Å². The molecule has 0 radical (unpaired) electrons. The van der Waals surface area contributed by atoms with E-state index in [2.05, 4.69) is 0 Å². The second-order valence-corrected chi connectivity index (χ2v) is 4.51. The van der Waals surface area contributed by atoms with Crippen molar-refractivity contribution in [2.24, 2.45) is 5.41 Å². The largest absolute Gasteiger partial charge is 0.481 e. The first-order valence-corrected chi connectivity index (χ1v) is 4.92. The molecule has 0 amide bonds. The maximum atomic E-state index is 13.6. The van der Waals surface area contributed by atoms with Crippen molar-refractivity contribution < 1.29 is 18.7 Å². The van der Waals surface area contributed by atoms with Crippen LogP contribution in [0.5, 0.6) is 0 Å². The third-order valence-electron chi connectivity index (χ3n) is 2.61. The van der Waals surface area contributed by atoms with Gasteiger partial charge in [0.25, 0.3) is 0 Å². The summed E-state index contributed by atoms with van der Waals surface area (Å²) in [6.07, 6.45) is 0.0370. The van der Waals surface area contributed by atoms with E-state index in [1.807, 2.05) is 0 Å². The minimum Gasteiger partial charge on any atom is -0.481 e. The summed E-state index contributed by atoms with van der Waals surface area (Å²) in [6.45, 7) is 4.35. The van der Waals surface area contributed by atoms with E-state index in [-0.39, 0.29) is 17.5 Å². The van der Waals surface area contributed by atoms with E-state index >= 15 is 0 Å². The molecule has 4 heteroatoms. The van der Waals surface area contributed by atoms with Crippen LogP contribution < -0.4 is 0 Å². The highest BCUT2D eigenvalue weighted by Gasteiger charge is 2.29. The lowest BCUT2D eigenvalue weighted by atomic mass is 9.85. The molecule has 0 atom stereocenters. The van der Waals surface area contributed by atoms with Crippen molar-refractivity contribution in [1.29, 1.82) is 0 Å². The summed E-state index contributed by atoms with van der Waals surface area (Å²) in [4.78, 5) is 10.9. The lowest BCUT2D eigenvalue weighted by Gasteiger charge is -2.19. The fraction of sp³-hybridized carbons (Fsp3) is 0.417. The van der Waals surface area contributed by atoms with Crippen LogP contribution in [0.25, 0.3) is 0 Å². The van der Waals surface area contributed by atoms with Crippen LogP contribution in [0.15, 0.2) is 12.1 Å². The van der Waals surface area contributed by atoms with Crippen LogP contribution in [-0.4, -0.2) is 11.1 Å². The Hall–Kier alpha value is -1.45. The molecule has 0 aliphatic rings. The first kappa shape index (κ1) is 12.6. The summed E-state index contributed by atoms with van der Waals surface area (Å²) < 4.78 is 26.6. The molecule has 1 N–H and O–H groups in total. The molecule has 88 valence electrons. The Morgan fingerprint density at radius 1 is 1.38 bits per heavy atom. The van der Waals surface area contributed by atoms with Gasteiger partial charge in [0.1, 0.15) is 11.6 Å². The maximum Gasteiger partial charge on any atom is 0.309 e. The molecule has 1 aromatic carbocycles. The first-order valence-electron chi connectivity index (χ1n) is 4.92. The van der Waals surface area contributed by atoms with Gasteiger partial charge in [-0.2, -0.15) is 0 Å². The van der Waals surface area contributed by atoms with E-state index in [9.17, 15) is 13.6 Å². The average molecular weight is 228 g/mol. The minimum atomic E-state index is -1.06. The van der Waals surface area contributed by atoms with Gasteiger partial charge in [-0.15, -0.1) is 0 Å². The van der Waals surface area contributed by atoms with E-state index in [4.69, 9.17) is 5.11 Å². The van der Waals surface area contributed by atoms with Gasteiger partial charge in [-0.25, -0.2) is 8.78 Å². The Kier molecular flexibility index (Phi) is 3.31. The van der Waals surface area contributed by atoms with Crippen LogP contribution in [0.3, 0.4) is 0 Å². The first-order chi connectivity index (χ1) is 7.25. The van der Waals surface area contributed by atoms with Crippen molar-refractivity contribution in [1.82, 2.24) is 0 Å². The van der Waals surface area contributed by atoms with Crippen molar-refractivity contribution >= 4 is 5.97 Å². The molecule has 0 fully saturated rings. The molecule has 16 heavy (non-hydrogen) atoms. The zero-order valence-corrected chi connectivity index (χ0v) is 9.47. The van der Waals surface area contributed by atoms with Gasteiger partial charge in [0.2, 0.25) is 0 Å². The van der Waals surface area contributed by atoms with Crippen LogP contribution in [0.2, 0.25) is 0 Å². The molecular weight excluding hydrogens is 214 g/mol. The van der Waals surface area contributed by atoms with Crippen LogP contribution in [-0.2, 0) is 11.2 Å². The molecule has 1 rings (SSSR count). The fourth-order valence-electron chi connectivity index (χ4n) is 1.41. The molecule has 0 heterocycles. The van der Waals surface area contributed by atoms with Gasteiger partial charge >= 0.3 is 5.97 Å². The Labute approximate surface area is 92.9 Å². The summed E-state index contributed by atoms with van der Waals surface area (Å²) in [7, 11) is 0. The summed E-state index contributed by atoms with van der Waals surface area (Å²) >= 11 is 0. The highest BCUT2D eigenvalue weighted by atomic mass is 19.1. The molecule has 0 spiro atoms. The molecular formula is C12H14F2O2. The van der Waals surface area contributed by atoms with Crippen LogP contribution in [0, 0.1) is 24.0 Å². The van der Waals surface area contributed by atoms with Crippen LogP contribution in [0.1, 0.15) is 25.0 Å². The minimum absolute atomic E-state index is 0.0370. The van der Waals surface area contributed by atoms with Gasteiger partial charge in [0, 0.05) is 5.56 Å². The maximum absolute atomic E-state index is 13.6. The third kappa shape index (κ3) is 2.38. The number of halogens is 2. The van der Waals surface area contributed by atoms with E-state index in [0.717, 1.165) is 6.07 Å². The number of carbonyl (C=O) groups is 1. The van der Waals surface area contributed by atoms with Crippen molar-refractivity contribution in [3.05, 3.63) is 34.9 Å². The Morgan fingerprint density at radius 2 is 1.94 bits per heavy atom. The smallest absolute Gasteiger partial charge is 0.309 e. The molecule has 2 nitrogen and oxygen atoms in total. The molecule has 0 aliphatic carbocycles. The van der Waals surface area contributed by atoms with Gasteiger partial charge < -0.3 is 5.11 Å².